The highest BCUT2D eigenvalue weighted by Crippen LogP contribution is 2.24. The first-order valence-electron chi connectivity index (χ1n) is 5.45. The third-order valence-corrected chi connectivity index (χ3v) is 3.57. The molecule has 88 valence electrons. The van der Waals surface area contributed by atoms with Gasteiger partial charge in [-0.1, -0.05) is 30.3 Å². The Morgan fingerprint density at radius 3 is 2.47 bits per heavy atom. The molecule has 0 atom stereocenters. The second kappa shape index (κ2) is 5.84. The van der Waals surface area contributed by atoms with E-state index >= 15 is 0 Å². The van der Waals surface area contributed by atoms with E-state index in [9.17, 15) is 4.39 Å². The largest absolute Gasteiger partial charge is 0.326 e. The van der Waals surface area contributed by atoms with Gasteiger partial charge >= 0.3 is 0 Å². The van der Waals surface area contributed by atoms with Crippen LogP contribution in [0.3, 0.4) is 0 Å². The van der Waals surface area contributed by atoms with Crippen LogP contribution in [0.4, 0.5) is 4.39 Å². The van der Waals surface area contributed by atoms with E-state index in [0.717, 1.165) is 16.2 Å². The average molecular weight is 247 g/mol. The molecule has 0 aromatic heterocycles. The predicted octanol–water partition coefficient (Wildman–Crippen LogP) is 3.58. The molecule has 0 heterocycles. The lowest BCUT2D eigenvalue weighted by molar-refractivity contribution is 0.624. The number of benzene rings is 2. The van der Waals surface area contributed by atoms with Gasteiger partial charge in [0, 0.05) is 17.2 Å². The van der Waals surface area contributed by atoms with Crippen molar-refractivity contribution in [1.29, 1.82) is 0 Å². The lowest BCUT2D eigenvalue weighted by Gasteiger charge is -2.07. The van der Waals surface area contributed by atoms with E-state index in [0.29, 0.717) is 6.54 Å². The van der Waals surface area contributed by atoms with Gasteiger partial charge in [0.25, 0.3) is 0 Å². The van der Waals surface area contributed by atoms with E-state index < -0.39 is 0 Å². The molecule has 2 N–H and O–H groups in total. The van der Waals surface area contributed by atoms with E-state index in [1.54, 1.807) is 23.9 Å². The van der Waals surface area contributed by atoms with Crippen LogP contribution in [0.5, 0.6) is 0 Å². The van der Waals surface area contributed by atoms with Crippen molar-refractivity contribution < 1.29 is 4.39 Å². The van der Waals surface area contributed by atoms with Gasteiger partial charge < -0.3 is 5.73 Å². The highest BCUT2D eigenvalue weighted by atomic mass is 32.2. The van der Waals surface area contributed by atoms with Crippen LogP contribution in [0, 0.1) is 5.82 Å². The van der Waals surface area contributed by atoms with E-state index in [1.807, 2.05) is 24.3 Å². The Morgan fingerprint density at radius 1 is 1.00 bits per heavy atom. The van der Waals surface area contributed by atoms with Gasteiger partial charge in [-0.3, -0.25) is 0 Å². The molecule has 0 saturated carbocycles. The minimum Gasteiger partial charge on any atom is -0.326 e. The lowest BCUT2D eigenvalue weighted by Crippen LogP contribution is -2.00. The van der Waals surface area contributed by atoms with Crippen LogP contribution in [0.25, 0.3) is 0 Å². The Labute approximate surface area is 105 Å². The Balaban J connectivity index is 2.07. The van der Waals surface area contributed by atoms with E-state index in [4.69, 9.17) is 5.73 Å². The summed E-state index contributed by atoms with van der Waals surface area (Å²) in [4.78, 5) is 0.942. The Morgan fingerprint density at radius 2 is 1.76 bits per heavy atom. The number of hydrogen-bond acceptors (Lipinski definition) is 2. The summed E-state index contributed by atoms with van der Waals surface area (Å²) in [5.41, 5.74) is 8.04. The first-order chi connectivity index (χ1) is 8.29. The fraction of sp³-hybridized carbons (Fsp3) is 0.143. The van der Waals surface area contributed by atoms with Crippen molar-refractivity contribution in [2.45, 2.75) is 17.2 Å². The molecule has 0 amide bonds. The fourth-order valence-corrected chi connectivity index (χ4v) is 2.59. The number of thioether (sulfide) groups is 1. The second-order valence-electron chi connectivity index (χ2n) is 3.72. The molecular formula is C14H14FNS. The molecule has 17 heavy (non-hydrogen) atoms. The molecule has 0 saturated heterocycles. The third kappa shape index (κ3) is 3.32. The molecular weight excluding hydrogens is 233 g/mol. The molecule has 2 aromatic rings. The standard InChI is InChI=1S/C14H14FNS/c15-13-6-3-7-14(8-13)17-10-12-5-2-1-4-11(12)9-16/h1-8H,9-10,16H2. The molecule has 0 bridgehead atoms. The van der Waals surface area contributed by atoms with Crippen molar-refractivity contribution in [3.63, 3.8) is 0 Å². The van der Waals surface area contributed by atoms with Crippen LogP contribution in [-0.4, -0.2) is 0 Å². The maximum absolute atomic E-state index is 13.0. The molecule has 3 heteroatoms. The molecule has 0 spiro atoms. The van der Waals surface area contributed by atoms with Crippen molar-refractivity contribution >= 4 is 11.8 Å². The zero-order valence-corrected chi connectivity index (χ0v) is 10.2. The van der Waals surface area contributed by atoms with Crippen LogP contribution >= 0.6 is 11.8 Å². The zero-order valence-electron chi connectivity index (χ0n) is 9.40. The molecule has 0 radical (unpaired) electrons. The van der Waals surface area contributed by atoms with Gasteiger partial charge in [0.15, 0.2) is 0 Å². The maximum Gasteiger partial charge on any atom is 0.124 e. The summed E-state index contributed by atoms with van der Waals surface area (Å²) in [6.45, 7) is 0.542. The van der Waals surface area contributed by atoms with Crippen molar-refractivity contribution in [3.05, 3.63) is 65.5 Å². The second-order valence-corrected chi connectivity index (χ2v) is 4.77. The molecule has 0 unspecified atom stereocenters. The molecule has 0 aliphatic rings. The van der Waals surface area contributed by atoms with Gasteiger partial charge in [0.2, 0.25) is 0 Å². The van der Waals surface area contributed by atoms with Crippen molar-refractivity contribution in [1.82, 2.24) is 0 Å². The summed E-state index contributed by atoms with van der Waals surface area (Å²) in [6, 6.07) is 14.7. The summed E-state index contributed by atoms with van der Waals surface area (Å²) < 4.78 is 13.0. The number of halogens is 1. The van der Waals surface area contributed by atoms with Crippen molar-refractivity contribution in [2.75, 3.05) is 0 Å². The summed E-state index contributed by atoms with van der Waals surface area (Å²) in [5.74, 6) is 0.624. The molecule has 2 aromatic carbocycles. The van der Waals surface area contributed by atoms with Crippen LogP contribution in [0.15, 0.2) is 53.4 Å². The smallest absolute Gasteiger partial charge is 0.124 e. The minimum absolute atomic E-state index is 0.192. The van der Waals surface area contributed by atoms with E-state index in [2.05, 4.69) is 6.07 Å². The molecule has 0 aliphatic heterocycles. The molecule has 0 fully saturated rings. The SMILES string of the molecule is NCc1ccccc1CSc1cccc(F)c1. The zero-order chi connectivity index (χ0) is 12.1. The third-order valence-electron chi connectivity index (χ3n) is 2.53. The van der Waals surface area contributed by atoms with Crippen LogP contribution in [0.1, 0.15) is 11.1 Å². The first kappa shape index (κ1) is 12.1. The molecule has 1 nitrogen and oxygen atoms in total. The first-order valence-corrected chi connectivity index (χ1v) is 6.43. The summed E-state index contributed by atoms with van der Waals surface area (Å²) in [7, 11) is 0. The van der Waals surface area contributed by atoms with Crippen LogP contribution in [-0.2, 0) is 12.3 Å². The normalized spacial score (nSPS) is 10.5. The van der Waals surface area contributed by atoms with Crippen molar-refractivity contribution in [3.8, 4) is 0 Å². The molecule has 0 aliphatic carbocycles. The topological polar surface area (TPSA) is 26.0 Å². The monoisotopic (exact) mass is 247 g/mol. The van der Waals surface area contributed by atoms with Gasteiger partial charge in [-0.15, -0.1) is 11.8 Å². The predicted molar refractivity (Wildman–Crippen MR) is 70.3 cm³/mol. The molecule has 2 rings (SSSR count). The Bertz CT molecular complexity index is 499. The summed E-state index contributed by atoms with van der Waals surface area (Å²) in [6.07, 6.45) is 0. The maximum atomic E-state index is 13.0. The van der Waals surface area contributed by atoms with Crippen molar-refractivity contribution in [2.24, 2.45) is 5.73 Å². The minimum atomic E-state index is -0.192. The lowest BCUT2D eigenvalue weighted by atomic mass is 10.1. The average Bonchev–Trinajstić information content (AvgIpc) is 2.37. The van der Waals surface area contributed by atoms with Gasteiger partial charge in [0.1, 0.15) is 5.82 Å². The Kier molecular flexibility index (Phi) is 4.18. The number of rotatable bonds is 4. The van der Waals surface area contributed by atoms with E-state index in [-0.39, 0.29) is 5.82 Å². The Hall–Kier alpha value is -1.32. The van der Waals surface area contributed by atoms with Crippen LogP contribution < -0.4 is 5.73 Å². The highest BCUT2D eigenvalue weighted by Gasteiger charge is 2.01. The quantitative estimate of drug-likeness (QED) is 0.836. The van der Waals surface area contributed by atoms with Crippen LogP contribution in [0.2, 0.25) is 0 Å². The highest BCUT2D eigenvalue weighted by molar-refractivity contribution is 7.98. The van der Waals surface area contributed by atoms with Gasteiger partial charge in [0.05, 0.1) is 0 Å². The van der Waals surface area contributed by atoms with Gasteiger partial charge in [-0.25, -0.2) is 4.39 Å². The van der Waals surface area contributed by atoms with E-state index in [1.165, 1.54) is 11.6 Å². The summed E-state index contributed by atoms with van der Waals surface area (Å²) in [5, 5.41) is 0. The summed E-state index contributed by atoms with van der Waals surface area (Å²) >= 11 is 1.62. The van der Waals surface area contributed by atoms with Gasteiger partial charge in [-0.2, -0.15) is 0 Å². The fourth-order valence-electron chi connectivity index (χ4n) is 1.62. The van der Waals surface area contributed by atoms with Gasteiger partial charge in [-0.05, 0) is 29.3 Å². The number of nitrogens with two attached hydrogens (primary N) is 1. The number of hydrogen-bond donors (Lipinski definition) is 1.